The highest BCUT2D eigenvalue weighted by atomic mass is 16.5. The van der Waals surface area contributed by atoms with E-state index in [1.165, 1.54) is 5.56 Å². The van der Waals surface area contributed by atoms with Gasteiger partial charge >= 0.3 is 0 Å². The normalized spacial score (nSPS) is 17.3. The van der Waals surface area contributed by atoms with E-state index < -0.39 is 0 Å². The molecule has 0 saturated heterocycles. The molecule has 1 aliphatic rings. The minimum atomic E-state index is 0.231. The average Bonchev–Trinajstić information content (AvgIpc) is 2.95. The number of aryl methyl sites for hydroxylation is 1. The van der Waals surface area contributed by atoms with Gasteiger partial charge in [0.1, 0.15) is 18.2 Å². The Balaban J connectivity index is 1.63. The van der Waals surface area contributed by atoms with Crippen molar-refractivity contribution in [2.75, 3.05) is 11.9 Å². The zero-order valence-corrected chi connectivity index (χ0v) is 11.8. The van der Waals surface area contributed by atoms with E-state index in [2.05, 4.69) is 21.5 Å². The fourth-order valence-electron chi connectivity index (χ4n) is 2.77. The predicted molar refractivity (Wildman–Crippen MR) is 80.8 cm³/mol. The van der Waals surface area contributed by atoms with E-state index in [9.17, 15) is 0 Å². The first-order valence-electron chi connectivity index (χ1n) is 7.08. The third kappa shape index (κ3) is 2.20. The van der Waals surface area contributed by atoms with Crippen LogP contribution in [0.5, 0.6) is 5.75 Å². The Labute approximate surface area is 122 Å². The molecule has 0 fully saturated rings. The lowest BCUT2D eigenvalue weighted by molar-refractivity contribution is 0.272. The zero-order chi connectivity index (χ0) is 14.2. The first-order chi connectivity index (χ1) is 10.3. The summed E-state index contributed by atoms with van der Waals surface area (Å²) in [5.74, 6) is 1.95. The summed E-state index contributed by atoms with van der Waals surface area (Å²) in [6.07, 6.45) is 2.71. The van der Waals surface area contributed by atoms with Crippen molar-refractivity contribution in [2.45, 2.75) is 19.4 Å². The van der Waals surface area contributed by atoms with Gasteiger partial charge in [0.2, 0.25) is 0 Å². The fraction of sp³-hybridized carbons (Fsp3) is 0.250. The molecular formula is C16H16N4O. The average molecular weight is 280 g/mol. The van der Waals surface area contributed by atoms with Gasteiger partial charge in [0.05, 0.1) is 12.2 Å². The quantitative estimate of drug-likeness (QED) is 0.783. The molecule has 0 spiro atoms. The Morgan fingerprint density at radius 2 is 2.19 bits per heavy atom. The molecular weight excluding hydrogens is 264 g/mol. The van der Waals surface area contributed by atoms with E-state index in [1.807, 2.05) is 41.8 Å². The molecule has 0 amide bonds. The number of nitrogens with zero attached hydrogens (tertiary/aromatic N) is 3. The number of rotatable bonds is 2. The van der Waals surface area contributed by atoms with E-state index in [-0.39, 0.29) is 6.04 Å². The maximum Gasteiger partial charge on any atom is 0.157 e. The molecule has 1 unspecified atom stereocenters. The lowest BCUT2D eigenvalue weighted by atomic mass is 10.0. The Morgan fingerprint density at radius 1 is 1.29 bits per heavy atom. The van der Waals surface area contributed by atoms with Gasteiger partial charge in [0.25, 0.3) is 0 Å². The van der Waals surface area contributed by atoms with Gasteiger partial charge in [0.15, 0.2) is 5.65 Å². The molecule has 21 heavy (non-hydrogen) atoms. The predicted octanol–water partition coefficient (Wildman–Crippen LogP) is 2.45. The molecule has 2 aromatic heterocycles. The number of aromatic nitrogens is 3. The van der Waals surface area contributed by atoms with Crippen molar-refractivity contribution in [1.29, 1.82) is 0 Å². The van der Waals surface area contributed by atoms with Crippen LogP contribution >= 0.6 is 0 Å². The maximum atomic E-state index is 5.82. The molecule has 1 aliphatic heterocycles. The van der Waals surface area contributed by atoms with E-state index in [0.29, 0.717) is 6.61 Å². The first kappa shape index (κ1) is 12.2. The van der Waals surface area contributed by atoms with Crippen molar-refractivity contribution < 1.29 is 4.74 Å². The molecule has 106 valence electrons. The van der Waals surface area contributed by atoms with Crippen molar-refractivity contribution in [1.82, 2.24) is 14.6 Å². The number of benzene rings is 1. The first-order valence-corrected chi connectivity index (χ1v) is 7.08. The summed E-state index contributed by atoms with van der Waals surface area (Å²) >= 11 is 0. The highest BCUT2D eigenvalue weighted by Crippen LogP contribution is 2.25. The SMILES string of the molecule is Cc1cc(NC2COc3ccccc3C2)n2nccc2n1. The molecule has 0 aliphatic carbocycles. The van der Waals surface area contributed by atoms with Crippen LogP contribution in [-0.4, -0.2) is 27.2 Å². The molecule has 1 aromatic carbocycles. The zero-order valence-electron chi connectivity index (χ0n) is 11.8. The van der Waals surface area contributed by atoms with Gasteiger partial charge in [-0.25, -0.2) is 4.98 Å². The van der Waals surface area contributed by atoms with Gasteiger partial charge in [-0.2, -0.15) is 9.61 Å². The van der Waals surface area contributed by atoms with Crippen LogP contribution < -0.4 is 10.1 Å². The van der Waals surface area contributed by atoms with Gasteiger partial charge in [0, 0.05) is 17.8 Å². The van der Waals surface area contributed by atoms with Crippen LogP contribution in [0.2, 0.25) is 0 Å². The topological polar surface area (TPSA) is 51.5 Å². The minimum absolute atomic E-state index is 0.231. The summed E-state index contributed by atoms with van der Waals surface area (Å²) < 4.78 is 7.65. The third-order valence-corrected chi connectivity index (χ3v) is 3.72. The number of anilines is 1. The van der Waals surface area contributed by atoms with Crippen molar-refractivity contribution in [3.05, 3.63) is 53.9 Å². The Hall–Kier alpha value is -2.56. The molecule has 0 bridgehead atoms. The summed E-state index contributed by atoms with van der Waals surface area (Å²) in [6.45, 7) is 2.64. The standard InChI is InChI=1S/C16H16N4O/c1-11-8-16(20-15(18-11)6-7-17-20)19-13-9-12-4-2-3-5-14(12)21-10-13/h2-8,13,19H,9-10H2,1H3. The summed E-state index contributed by atoms with van der Waals surface area (Å²) in [5.41, 5.74) is 3.07. The van der Waals surface area contributed by atoms with Crippen LogP contribution in [0.25, 0.3) is 5.65 Å². The van der Waals surface area contributed by atoms with Crippen LogP contribution in [-0.2, 0) is 6.42 Å². The Bertz CT molecular complexity index is 796. The molecule has 3 aromatic rings. The van der Waals surface area contributed by atoms with Crippen LogP contribution in [0.1, 0.15) is 11.3 Å². The number of ether oxygens (including phenoxy) is 1. The van der Waals surface area contributed by atoms with Gasteiger partial charge in [-0.05, 0) is 25.0 Å². The highest BCUT2D eigenvalue weighted by molar-refractivity contribution is 5.50. The summed E-state index contributed by atoms with van der Waals surface area (Å²) in [5, 5.41) is 7.85. The molecule has 0 saturated carbocycles. The third-order valence-electron chi connectivity index (χ3n) is 3.72. The van der Waals surface area contributed by atoms with Gasteiger partial charge < -0.3 is 10.1 Å². The largest absolute Gasteiger partial charge is 0.491 e. The number of hydrogen-bond donors (Lipinski definition) is 1. The van der Waals surface area contributed by atoms with E-state index >= 15 is 0 Å². The number of para-hydroxylation sites is 1. The van der Waals surface area contributed by atoms with E-state index in [4.69, 9.17) is 4.74 Å². The Kier molecular flexibility index (Phi) is 2.77. The second-order valence-corrected chi connectivity index (χ2v) is 5.35. The summed E-state index contributed by atoms with van der Waals surface area (Å²) in [4.78, 5) is 4.45. The second kappa shape index (κ2) is 4.77. The molecule has 1 atom stereocenters. The monoisotopic (exact) mass is 280 g/mol. The van der Waals surface area contributed by atoms with Crippen LogP contribution in [0.15, 0.2) is 42.6 Å². The van der Waals surface area contributed by atoms with Crippen molar-refractivity contribution >= 4 is 11.5 Å². The molecule has 0 radical (unpaired) electrons. The number of hydrogen-bond acceptors (Lipinski definition) is 4. The van der Waals surface area contributed by atoms with Crippen LogP contribution in [0, 0.1) is 6.92 Å². The highest BCUT2D eigenvalue weighted by Gasteiger charge is 2.20. The molecule has 4 rings (SSSR count). The summed E-state index contributed by atoms with van der Waals surface area (Å²) in [6, 6.07) is 12.3. The van der Waals surface area contributed by atoms with E-state index in [1.54, 1.807) is 6.20 Å². The van der Waals surface area contributed by atoms with Gasteiger partial charge in [-0.3, -0.25) is 0 Å². The van der Waals surface area contributed by atoms with Crippen molar-refractivity contribution in [2.24, 2.45) is 0 Å². The molecule has 3 heterocycles. The Morgan fingerprint density at radius 3 is 3.14 bits per heavy atom. The van der Waals surface area contributed by atoms with Gasteiger partial charge in [-0.1, -0.05) is 18.2 Å². The van der Waals surface area contributed by atoms with Crippen LogP contribution in [0.3, 0.4) is 0 Å². The van der Waals surface area contributed by atoms with E-state index in [0.717, 1.165) is 29.3 Å². The molecule has 1 N–H and O–H groups in total. The van der Waals surface area contributed by atoms with Gasteiger partial charge in [-0.15, -0.1) is 0 Å². The lowest BCUT2D eigenvalue weighted by Gasteiger charge is -2.26. The molecule has 5 nitrogen and oxygen atoms in total. The number of nitrogens with one attached hydrogen (secondary N) is 1. The summed E-state index contributed by atoms with van der Waals surface area (Å²) in [7, 11) is 0. The van der Waals surface area contributed by atoms with Crippen molar-refractivity contribution in [3.8, 4) is 5.75 Å². The smallest absolute Gasteiger partial charge is 0.157 e. The van der Waals surface area contributed by atoms with Crippen molar-refractivity contribution in [3.63, 3.8) is 0 Å². The maximum absolute atomic E-state index is 5.82. The molecule has 5 heteroatoms. The second-order valence-electron chi connectivity index (χ2n) is 5.35. The lowest BCUT2D eigenvalue weighted by Crippen LogP contribution is -2.33. The minimum Gasteiger partial charge on any atom is -0.491 e. The van der Waals surface area contributed by atoms with Crippen LogP contribution in [0.4, 0.5) is 5.82 Å². The number of fused-ring (bicyclic) bond motifs is 2. The fourth-order valence-corrected chi connectivity index (χ4v) is 2.77.